The highest BCUT2D eigenvalue weighted by atomic mass is 15.0. The van der Waals surface area contributed by atoms with Crippen molar-refractivity contribution in [2.75, 3.05) is 11.1 Å². The first-order valence-electron chi connectivity index (χ1n) is 4.24. The molecule has 0 saturated carbocycles. The van der Waals surface area contributed by atoms with E-state index in [2.05, 4.69) is 15.3 Å². The average Bonchev–Trinajstić information content (AvgIpc) is 2.23. The van der Waals surface area contributed by atoms with Gasteiger partial charge in [-0.15, -0.1) is 0 Å². The maximum Gasteiger partial charge on any atom is 0.220 e. The minimum atomic E-state index is 0.281. The largest absolute Gasteiger partial charge is 0.368 e. The monoisotopic (exact) mass is 186 g/mol. The summed E-state index contributed by atoms with van der Waals surface area (Å²) in [7, 11) is 0. The molecular formula is C10H10N4. The molecule has 70 valence electrons. The van der Waals surface area contributed by atoms with Crippen LogP contribution in [0.1, 0.15) is 0 Å². The molecule has 1 aromatic heterocycles. The molecule has 14 heavy (non-hydrogen) atoms. The Morgan fingerprint density at radius 1 is 0.929 bits per heavy atom. The van der Waals surface area contributed by atoms with Crippen LogP contribution in [-0.2, 0) is 0 Å². The topological polar surface area (TPSA) is 63.8 Å². The number of nitrogens with two attached hydrogens (primary N) is 1. The number of nitrogens with zero attached hydrogens (tertiary/aromatic N) is 2. The van der Waals surface area contributed by atoms with Crippen LogP contribution in [0.2, 0.25) is 0 Å². The van der Waals surface area contributed by atoms with Gasteiger partial charge in [0.15, 0.2) is 0 Å². The van der Waals surface area contributed by atoms with Crippen LogP contribution in [0.3, 0.4) is 0 Å². The zero-order valence-electron chi connectivity index (χ0n) is 7.51. The van der Waals surface area contributed by atoms with E-state index in [4.69, 9.17) is 5.73 Å². The molecular weight excluding hydrogens is 176 g/mol. The van der Waals surface area contributed by atoms with E-state index in [1.165, 1.54) is 0 Å². The Bertz CT molecular complexity index is 396. The van der Waals surface area contributed by atoms with E-state index in [0.29, 0.717) is 0 Å². The Morgan fingerprint density at radius 3 is 2.21 bits per heavy atom. The number of nitrogen functional groups attached to an aromatic ring is 1. The molecule has 1 aromatic carbocycles. The standard InChI is InChI=1S/C10H10N4/c11-10-12-6-9(7-13-10)14-8-4-2-1-3-5-8/h1-7,14H,(H2,11,12,13). The van der Waals surface area contributed by atoms with Crippen molar-refractivity contribution >= 4 is 17.3 Å². The number of hydrogen-bond acceptors (Lipinski definition) is 4. The first kappa shape index (κ1) is 8.50. The van der Waals surface area contributed by atoms with Crippen LogP contribution in [0.4, 0.5) is 17.3 Å². The molecule has 0 atom stereocenters. The third kappa shape index (κ3) is 1.98. The Hall–Kier alpha value is -2.10. The van der Waals surface area contributed by atoms with Gasteiger partial charge in [-0.2, -0.15) is 0 Å². The molecule has 2 rings (SSSR count). The van der Waals surface area contributed by atoms with Gasteiger partial charge < -0.3 is 11.1 Å². The van der Waals surface area contributed by atoms with E-state index in [9.17, 15) is 0 Å². The Morgan fingerprint density at radius 2 is 1.57 bits per heavy atom. The molecule has 0 spiro atoms. The molecule has 0 unspecified atom stereocenters. The van der Waals surface area contributed by atoms with Gasteiger partial charge in [-0.3, -0.25) is 0 Å². The molecule has 3 N–H and O–H groups in total. The van der Waals surface area contributed by atoms with Gasteiger partial charge in [-0.25, -0.2) is 9.97 Å². The summed E-state index contributed by atoms with van der Waals surface area (Å²) < 4.78 is 0. The van der Waals surface area contributed by atoms with Crippen molar-refractivity contribution in [2.45, 2.75) is 0 Å². The average molecular weight is 186 g/mol. The lowest BCUT2D eigenvalue weighted by molar-refractivity contribution is 1.18. The Labute approximate surface area is 81.8 Å². The fourth-order valence-corrected chi connectivity index (χ4v) is 1.09. The molecule has 4 nitrogen and oxygen atoms in total. The lowest BCUT2D eigenvalue weighted by atomic mass is 10.3. The van der Waals surface area contributed by atoms with Crippen molar-refractivity contribution < 1.29 is 0 Å². The molecule has 0 saturated heterocycles. The molecule has 0 amide bonds. The minimum absolute atomic E-state index is 0.281. The summed E-state index contributed by atoms with van der Waals surface area (Å²) in [5, 5.41) is 3.15. The van der Waals surface area contributed by atoms with Gasteiger partial charge in [0.1, 0.15) is 0 Å². The third-order valence-electron chi connectivity index (χ3n) is 1.73. The van der Waals surface area contributed by atoms with E-state index in [1.807, 2.05) is 30.3 Å². The first-order chi connectivity index (χ1) is 6.84. The SMILES string of the molecule is Nc1ncc(Nc2ccccc2)cn1. The Kier molecular flexibility index (Phi) is 2.27. The minimum Gasteiger partial charge on any atom is -0.368 e. The van der Waals surface area contributed by atoms with Crippen molar-refractivity contribution in [1.82, 2.24) is 9.97 Å². The molecule has 0 aliphatic rings. The van der Waals surface area contributed by atoms with E-state index in [0.717, 1.165) is 11.4 Å². The number of benzene rings is 1. The van der Waals surface area contributed by atoms with Crippen molar-refractivity contribution in [2.24, 2.45) is 0 Å². The number of para-hydroxylation sites is 1. The summed E-state index contributed by atoms with van der Waals surface area (Å²) in [6.07, 6.45) is 3.30. The van der Waals surface area contributed by atoms with Gasteiger partial charge in [0, 0.05) is 5.69 Å². The summed E-state index contributed by atoms with van der Waals surface area (Å²) in [5.74, 6) is 0.281. The van der Waals surface area contributed by atoms with Crippen LogP contribution in [0.5, 0.6) is 0 Å². The number of nitrogens with one attached hydrogen (secondary N) is 1. The second kappa shape index (κ2) is 3.74. The number of rotatable bonds is 2. The summed E-state index contributed by atoms with van der Waals surface area (Å²) in [6.45, 7) is 0. The van der Waals surface area contributed by atoms with E-state index in [1.54, 1.807) is 12.4 Å². The van der Waals surface area contributed by atoms with E-state index < -0.39 is 0 Å². The highest BCUT2D eigenvalue weighted by Crippen LogP contribution is 2.13. The Balaban J connectivity index is 2.16. The normalized spacial score (nSPS) is 9.71. The molecule has 0 aliphatic carbocycles. The zero-order chi connectivity index (χ0) is 9.80. The predicted molar refractivity (Wildman–Crippen MR) is 56.2 cm³/mol. The number of hydrogen-bond donors (Lipinski definition) is 2. The van der Waals surface area contributed by atoms with Crippen LogP contribution in [-0.4, -0.2) is 9.97 Å². The van der Waals surface area contributed by atoms with E-state index in [-0.39, 0.29) is 5.95 Å². The molecule has 0 aliphatic heterocycles. The molecule has 0 fully saturated rings. The fraction of sp³-hybridized carbons (Fsp3) is 0. The lowest BCUT2D eigenvalue weighted by Crippen LogP contribution is -1.96. The third-order valence-corrected chi connectivity index (χ3v) is 1.73. The zero-order valence-corrected chi connectivity index (χ0v) is 7.51. The predicted octanol–water partition coefficient (Wildman–Crippen LogP) is 1.80. The maximum absolute atomic E-state index is 5.37. The van der Waals surface area contributed by atoms with Crippen LogP contribution in [0.15, 0.2) is 42.7 Å². The summed E-state index contributed by atoms with van der Waals surface area (Å²) >= 11 is 0. The molecule has 2 aromatic rings. The van der Waals surface area contributed by atoms with E-state index >= 15 is 0 Å². The van der Waals surface area contributed by atoms with Crippen molar-refractivity contribution in [3.05, 3.63) is 42.7 Å². The van der Waals surface area contributed by atoms with Crippen LogP contribution < -0.4 is 11.1 Å². The van der Waals surface area contributed by atoms with Crippen LogP contribution >= 0.6 is 0 Å². The van der Waals surface area contributed by atoms with Gasteiger partial charge in [-0.05, 0) is 12.1 Å². The van der Waals surface area contributed by atoms with Crippen molar-refractivity contribution in [3.63, 3.8) is 0 Å². The van der Waals surface area contributed by atoms with Crippen molar-refractivity contribution in [1.29, 1.82) is 0 Å². The smallest absolute Gasteiger partial charge is 0.220 e. The van der Waals surface area contributed by atoms with Crippen LogP contribution in [0, 0.1) is 0 Å². The number of anilines is 3. The van der Waals surface area contributed by atoms with Gasteiger partial charge in [0.25, 0.3) is 0 Å². The molecule has 1 heterocycles. The van der Waals surface area contributed by atoms with Crippen molar-refractivity contribution in [3.8, 4) is 0 Å². The molecule has 0 bridgehead atoms. The summed E-state index contributed by atoms with van der Waals surface area (Å²) in [5.41, 5.74) is 7.20. The second-order valence-corrected chi connectivity index (χ2v) is 2.82. The highest BCUT2D eigenvalue weighted by Gasteiger charge is 1.94. The maximum atomic E-state index is 5.37. The fourth-order valence-electron chi connectivity index (χ4n) is 1.09. The van der Waals surface area contributed by atoms with Gasteiger partial charge in [0.2, 0.25) is 5.95 Å². The number of aromatic nitrogens is 2. The summed E-state index contributed by atoms with van der Waals surface area (Å²) in [6, 6.07) is 9.82. The molecule has 0 radical (unpaired) electrons. The summed E-state index contributed by atoms with van der Waals surface area (Å²) in [4.78, 5) is 7.76. The first-order valence-corrected chi connectivity index (χ1v) is 4.24. The molecule has 4 heteroatoms. The quantitative estimate of drug-likeness (QED) is 0.750. The van der Waals surface area contributed by atoms with Gasteiger partial charge in [0.05, 0.1) is 18.1 Å². The highest BCUT2D eigenvalue weighted by molar-refractivity contribution is 5.57. The second-order valence-electron chi connectivity index (χ2n) is 2.82. The lowest BCUT2D eigenvalue weighted by Gasteiger charge is -2.04. The van der Waals surface area contributed by atoms with Crippen LogP contribution in [0.25, 0.3) is 0 Å². The van der Waals surface area contributed by atoms with Gasteiger partial charge in [-0.1, -0.05) is 18.2 Å². The van der Waals surface area contributed by atoms with Gasteiger partial charge >= 0.3 is 0 Å².